The van der Waals surface area contributed by atoms with Gasteiger partial charge in [-0.25, -0.2) is 22.7 Å². The Kier molecular flexibility index (Phi) is 3.95. The lowest BCUT2D eigenvalue weighted by atomic mass is 9.81. The molecule has 1 fully saturated rings. The minimum Gasteiger partial charge on any atom is -0.417 e. The predicted octanol–water partition coefficient (Wildman–Crippen LogP) is 2.88. The summed E-state index contributed by atoms with van der Waals surface area (Å²) in [6.45, 7) is 0.300. The molecular weight excluding hydrogens is 427 g/mol. The van der Waals surface area contributed by atoms with Gasteiger partial charge in [-0.2, -0.15) is 5.10 Å². The van der Waals surface area contributed by atoms with Gasteiger partial charge in [0.05, 0.1) is 17.7 Å². The molecule has 0 spiro atoms. The molecular formula is C20H16F3N7O2. The van der Waals surface area contributed by atoms with Gasteiger partial charge in [-0.1, -0.05) is 0 Å². The number of rotatable bonds is 3. The van der Waals surface area contributed by atoms with Crippen molar-refractivity contribution in [3.05, 3.63) is 65.4 Å². The Morgan fingerprint density at radius 3 is 2.91 bits per heavy atom. The molecule has 1 saturated carbocycles. The van der Waals surface area contributed by atoms with E-state index in [1.807, 2.05) is 0 Å². The van der Waals surface area contributed by atoms with Crippen LogP contribution in [0.25, 0.3) is 5.52 Å². The molecule has 0 unspecified atom stereocenters. The standard InChI is InChI=1S/C20H16F3N7O2/c21-11-2-1-4-30-14(11)6-13(28-30)16-15-12(24-9-25-15)3-5-29(16)19(31)18-27-26-17(32-18)10-7-20(22,23)8-10/h1-2,4,6,9-10,16H,3,5,7-8H2,(H,24,25)/t16-/m1/s1. The summed E-state index contributed by atoms with van der Waals surface area (Å²) in [4.78, 5) is 22.2. The van der Waals surface area contributed by atoms with Crippen molar-refractivity contribution in [2.45, 2.75) is 37.1 Å². The minimum absolute atomic E-state index is 0.0306. The molecule has 0 radical (unpaired) electrons. The zero-order valence-corrected chi connectivity index (χ0v) is 16.5. The van der Waals surface area contributed by atoms with Crippen molar-refractivity contribution in [2.24, 2.45) is 0 Å². The van der Waals surface area contributed by atoms with Crippen LogP contribution in [0.1, 0.15) is 58.5 Å². The van der Waals surface area contributed by atoms with Crippen LogP contribution >= 0.6 is 0 Å². The maximum atomic E-state index is 14.2. The Hall–Kier alpha value is -3.70. The van der Waals surface area contributed by atoms with E-state index in [2.05, 4.69) is 25.3 Å². The number of nitrogens with zero attached hydrogens (tertiary/aromatic N) is 6. The number of halogens is 3. The highest BCUT2D eigenvalue weighted by molar-refractivity contribution is 5.90. The van der Waals surface area contributed by atoms with Crippen LogP contribution in [0.4, 0.5) is 13.2 Å². The lowest BCUT2D eigenvalue weighted by Gasteiger charge is -2.33. The average Bonchev–Trinajstić information content (AvgIpc) is 3.49. The van der Waals surface area contributed by atoms with Crippen molar-refractivity contribution in [2.75, 3.05) is 6.54 Å². The largest absolute Gasteiger partial charge is 0.417 e. The molecule has 12 heteroatoms. The molecule has 2 aliphatic rings. The summed E-state index contributed by atoms with van der Waals surface area (Å²) in [6.07, 6.45) is 2.90. The second-order valence-corrected chi connectivity index (χ2v) is 8.08. The van der Waals surface area contributed by atoms with E-state index in [0.717, 1.165) is 5.69 Å². The fourth-order valence-corrected chi connectivity index (χ4v) is 4.37. The first kappa shape index (κ1) is 19.0. The summed E-state index contributed by atoms with van der Waals surface area (Å²) in [5.41, 5.74) is 2.13. The van der Waals surface area contributed by atoms with Gasteiger partial charge in [-0.05, 0) is 18.2 Å². The Labute approximate surface area is 178 Å². The molecule has 5 heterocycles. The van der Waals surface area contributed by atoms with Gasteiger partial charge >= 0.3 is 11.8 Å². The van der Waals surface area contributed by atoms with Crippen LogP contribution in [0.3, 0.4) is 0 Å². The van der Waals surface area contributed by atoms with Gasteiger partial charge in [0.25, 0.3) is 0 Å². The van der Waals surface area contributed by atoms with E-state index in [9.17, 15) is 18.0 Å². The third-order valence-corrected chi connectivity index (χ3v) is 6.00. The normalized spacial score (nSPS) is 20.3. The maximum absolute atomic E-state index is 14.2. The van der Waals surface area contributed by atoms with Gasteiger partial charge in [0.2, 0.25) is 11.8 Å². The Morgan fingerprint density at radius 1 is 1.28 bits per heavy atom. The number of imidazole rings is 1. The fraction of sp³-hybridized carbons (Fsp3) is 0.350. The number of amides is 1. The van der Waals surface area contributed by atoms with E-state index in [0.29, 0.717) is 24.4 Å². The number of aromatic nitrogens is 6. The number of carbonyl (C=O) groups excluding carboxylic acids is 1. The number of H-pyrrole nitrogens is 1. The smallest absolute Gasteiger partial charge is 0.312 e. The number of alkyl halides is 2. The lowest BCUT2D eigenvalue weighted by molar-refractivity contribution is -0.0919. The van der Waals surface area contributed by atoms with E-state index >= 15 is 0 Å². The number of carbonyl (C=O) groups is 1. The Morgan fingerprint density at radius 2 is 2.12 bits per heavy atom. The van der Waals surface area contributed by atoms with Crippen molar-refractivity contribution in [1.29, 1.82) is 0 Å². The lowest BCUT2D eigenvalue weighted by Crippen LogP contribution is -2.41. The molecule has 1 atom stereocenters. The SMILES string of the molecule is O=C(c1nnc(C2CC(F)(F)C2)o1)N1CCc2[nH]cnc2[C@H]1c1cc2c(F)cccn2n1. The van der Waals surface area contributed by atoms with Crippen molar-refractivity contribution in [3.8, 4) is 0 Å². The number of fused-ring (bicyclic) bond motifs is 2. The third kappa shape index (κ3) is 2.89. The van der Waals surface area contributed by atoms with Crippen LogP contribution in [-0.4, -0.2) is 53.1 Å². The molecule has 32 heavy (non-hydrogen) atoms. The highest BCUT2D eigenvalue weighted by atomic mass is 19.3. The topological polar surface area (TPSA) is 105 Å². The zero-order valence-electron chi connectivity index (χ0n) is 16.5. The monoisotopic (exact) mass is 443 g/mol. The number of hydrogen-bond donors (Lipinski definition) is 1. The van der Waals surface area contributed by atoms with Crippen molar-refractivity contribution < 1.29 is 22.4 Å². The summed E-state index contributed by atoms with van der Waals surface area (Å²) >= 11 is 0. The van der Waals surface area contributed by atoms with Gasteiger partial charge in [0.15, 0.2) is 0 Å². The van der Waals surface area contributed by atoms with E-state index in [1.165, 1.54) is 27.9 Å². The number of pyridine rings is 1. The van der Waals surface area contributed by atoms with Crippen molar-refractivity contribution >= 4 is 11.4 Å². The molecule has 4 aromatic heterocycles. The molecule has 1 N–H and O–H groups in total. The Balaban J connectivity index is 1.36. The first-order chi connectivity index (χ1) is 15.4. The van der Waals surface area contributed by atoms with E-state index in [1.54, 1.807) is 12.3 Å². The maximum Gasteiger partial charge on any atom is 0.312 e. The Bertz CT molecular complexity index is 1340. The quantitative estimate of drug-likeness (QED) is 0.522. The molecule has 164 valence electrons. The summed E-state index contributed by atoms with van der Waals surface area (Å²) in [7, 11) is 0. The van der Waals surface area contributed by atoms with Gasteiger partial charge in [0.1, 0.15) is 17.4 Å². The van der Waals surface area contributed by atoms with E-state index < -0.39 is 29.6 Å². The van der Waals surface area contributed by atoms with Crippen LogP contribution in [0, 0.1) is 5.82 Å². The molecule has 9 nitrogen and oxygen atoms in total. The zero-order chi connectivity index (χ0) is 22.0. The second kappa shape index (κ2) is 6.65. The molecule has 4 aromatic rings. The van der Waals surface area contributed by atoms with Gasteiger partial charge in [-0.15, -0.1) is 10.2 Å². The van der Waals surface area contributed by atoms with Crippen LogP contribution in [0.15, 0.2) is 35.1 Å². The highest BCUT2D eigenvalue weighted by Gasteiger charge is 2.49. The van der Waals surface area contributed by atoms with Crippen molar-refractivity contribution in [3.63, 3.8) is 0 Å². The highest BCUT2D eigenvalue weighted by Crippen LogP contribution is 2.47. The minimum atomic E-state index is -2.74. The summed E-state index contributed by atoms with van der Waals surface area (Å²) in [6, 6.07) is 3.72. The fourth-order valence-electron chi connectivity index (χ4n) is 4.37. The molecule has 6 rings (SSSR count). The first-order valence-corrected chi connectivity index (χ1v) is 10.1. The average molecular weight is 443 g/mol. The molecule has 1 aliphatic carbocycles. The van der Waals surface area contributed by atoms with Gasteiger partial charge < -0.3 is 14.3 Å². The van der Waals surface area contributed by atoms with E-state index in [-0.39, 0.29) is 30.1 Å². The van der Waals surface area contributed by atoms with Crippen LogP contribution < -0.4 is 0 Å². The van der Waals surface area contributed by atoms with Gasteiger partial charge in [0, 0.05) is 43.6 Å². The van der Waals surface area contributed by atoms with Crippen LogP contribution in [-0.2, 0) is 6.42 Å². The molecule has 0 bridgehead atoms. The summed E-state index contributed by atoms with van der Waals surface area (Å²) in [5.74, 6) is -4.56. The van der Waals surface area contributed by atoms with Crippen LogP contribution in [0.5, 0.6) is 0 Å². The van der Waals surface area contributed by atoms with Gasteiger partial charge in [-0.3, -0.25) is 4.79 Å². The summed E-state index contributed by atoms with van der Waals surface area (Å²) in [5, 5.41) is 12.1. The van der Waals surface area contributed by atoms with Crippen molar-refractivity contribution in [1.82, 2.24) is 34.7 Å². The van der Waals surface area contributed by atoms with E-state index in [4.69, 9.17) is 4.42 Å². The predicted molar refractivity (Wildman–Crippen MR) is 102 cm³/mol. The first-order valence-electron chi connectivity index (χ1n) is 10.1. The summed E-state index contributed by atoms with van der Waals surface area (Å²) < 4.78 is 47.5. The molecule has 0 aromatic carbocycles. The third-order valence-electron chi connectivity index (χ3n) is 6.00. The second-order valence-electron chi connectivity index (χ2n) is 8.08. The molecule has 1 amide bonds. The number of aromatic amines is 1. The number of nitrogens with one attached hydrogen (secondary N) is 1. The molecule has 0 saturated heterocycles. The number of hydrogen-bond acceptors (Lipinski definition) is 6. The van der Waals surface area contributed by atoms with Crippen LogP contribution in [0.2, 0.25) is 0 Å². The molecule has 1 aliphatic heterocycles.